The Morgan fingerprint density at radius 1 is 0.682 bits per heavy atom. The second-order valence-electron chi connectivity index (χ2n) is 8.15. The number of ketones is 1. The zero-order chi connectivity index (χ0) is 15.6. The van der Waals surface area contributed by atoms with Gasteiger partial charge in [0.1, 0.15) is 5.78 Å². The third-order valence-corrected chi connectivity index (χ3v) is 6.32. The van der Waals surface area contributed by atoms with Gasteiger partial charge < -0.3 is 0 Å². The first kappa shape index (κ1) is 18.0. The van der Waals surface area contributed by atoms with Crippen molar-refractivity contribution in [3.05, 3.63) is 0 Å². The summed E-state index contributed by atoms with van der Waals surface area (Å²) in [5.74, 6) is 3.47. The Labute approximate surface area is 138 Å². The van der Waals surface area contributed by atoms with Crippen LogP contribution in [0.4, 0.5) is 0 Å². The van der Waals surface area contributed by atoms with E-state index in [0.29, 0.717) is 5.78 Å². The molecule has 2 saturated carbocycles. The summed E-state index contributed by atoms with van der Waals surface area (Å²) in [5.41, 5.74) is 0. The molecule has 22 heavy (non-hydrogen) atoms. The predicted molar refractivity (Wildman–Crippen MR) is 95.0 cm³/mol. The zero-order valence-corrected chi connectivity index (χ0v) is 15.0. The Morgan fingerprint density at radius 2 is 1.09 bits per heavy atom. The fraction of sp³-hybridized carbons (Fsp3) is 0.952. The summed E-state index contributed by atoms with van der Waals surface area (Å²) in [4.78, 5) is 11.3. The predicted octanol–water partition coefficient (Wildman–Crippen LogP) is 6.69. The third-order valence-electron chi connectivity index (χ3n) is 6.32. The number of carbonyl (C=O) groups excluding carboxylic acids is 1. The largest absolute Gasteiger partial charge is 0.300 e. The molecular formula is C21H38O. The van der Waals surface area contributed by atoms with E-state index in [1.165, 1.54) is 89.9 Å². The molecule has 2 aliphatic rings. The van der Waals surface area contributed by atoms with E-state index in [9.17, 15) is 4.79 Å². The molecule has 0 radical (unpaired) electrons. The maximum atomic E-state index is 11.3. The zero-order valence-electron chi connectivity index (χ0n) is 15.0. The third kappa shape index (κ3) is 6.84. The smallest absolute Gasteiger partial charge is 0.132 e. The van der Waals surface area contributed by atoms with Gasteiger partial charge in [-0.3, -0.25) is 4.79 Å². The van der Waals surface area contributed by atoms with E-state index in [1.807, 2.05) is 0 Å². The highest BCUT2D eigenvalue weighted by atomic mass is 16.1. The van der Waals surface area contributed by atoms with Crippen LogP contribution in [0.2, 0.25) is 0 Å². The summed E-state index contributed by atoms with van der Waals surface area (Å²) < 4.78 is 0. The average molecular weight is 307 g/mol. The van der Waals surface area contributed by atoms with Crippen molar-refractivity contribution < 1.29 is 4.79 Å². The summed E-state index contributed by atoms with van der Waals surface area (Å²) in [7, 11) is 0. The van der Waals surface area contributed by atoms with Crippen molar-refractivity contribution in [3.8, 4) is 0 Å². The van der Waals surface area contributed by atoms with Crippen LogP contribution in [0, 0.1) is 17.8 Å². The second kappa shape index (κ2) is 10.4. The minimum atomic E-state index is 0.506. The molecule has 2 fully saturated rings. The number of hydrogen-bond acceptors (Lipinski definition) is 1. The Morgan fingerprint density at radius 3 is 1.55 bits per heavy atom. The van der Waals surface area contributed by atoms with Crippen LogP contribution in [0.1, 0.15) is 110 Å². The van der Waals surface area contributed by atoms with E-state index >= 15 is 0 Å². The van der Waals surface area contributed by atoms with Gasteiger partial charge in [0.05, 0.1) is 0 Å². The van der Waals surface area contributed by atoms with Crippen molar-refractivity contribution >= 4 is 5.78 Å². The second-order valence-corrected chi connectivity index (χ2v) is 8.15. The molecule has 2 aliphatic carbocycles. The van der Waals surface area contributed by atoms with Gasteiger partial charge in [0.25, 0.3) is 0 Å². The highest BCUT2D eigenvalue weighted by Gasteiger charge is 2.21. The van der Waals surface area contributed by atoms with E-state index < -0.39 is 0 Å². The number of hydrogen-bond donors (Lipinski definition) is 0. The van der Waals surface area contributed by atoms with Crippen molar-refractivity contribution in [3.63, 3.8) is 0 Å². The Bertz CT molecular complexity index is 291. The molecule has 0 aromatic heterocycles. The molecule has 0 aromatic rings. The number of carbonyl (C=O) groups is 1. The van der Waals surface area contributed by atoms with Crippen molar-refractivity contribution in [2.24, 2.45) is 17.8 Å². The van der Waals surface area contributed by atoms with Crippen LogP contribution < -0.4 is 0 Å². The number of rotatable bonds is 9. The lowest BCUT2D eigenvalue weighted by molar-refractivity contribution is -0.121. The van der Waals surface area contributed by atoms with E-state index in [4.69, 9.17) is 0 Å². The molecule has 0 atom stereocenters. The van der Waals surface area contributed by atoms with Gasteiger partial charge in [-0.15, -0.1) is 0 Å². The summed E-state index contributed by atoms with van der Waals surface area (Å²) in [5, 5.41) is 0. The van der Waals surface area contributed by atoms with Crippen molar-refractivity contribution in [1.82, 2.24) is 0 Å². The lowest BCUT2D eigenvalue weighted by Crippen LogP contribution is -2.15. The van der Waals surface area contributed by atoms with Crippen molar-refractivity contribution in [1.29, 1.82) is 0 Å². The maximum absolute atomic E-state index is 11.3. The van der Waals surface area contributed by atoms with Crippen LogP contribution in [-0.2, 0) is 4.79 Å². The molecule has 128 valence electrons. The topological polar surface area (TPSA) is 17.1 Å². The van der Waals surface area contributed by atoms with Gasteiger partial charge in [0.15, 0.2) is 0 Å². The van der Waals surface area contributed by atoms with Crippen LogP contribution in [0.5, 0.6) is 0 Å². The highest BCUT2D eigenvalue weighted by molar-refractivity contribution is 5.78. The van der Waals surface area contributed by atoms with E-state index in [1.54, 1.807) is 0 Å². The van der Waals surface area contributed by atoms with Crippen LogP contribution in [0.3, 0.4) is 0 Å². The average Bonchev–Trinajstić information content (AvgIpc) is 2.55. The standard InChI is InChI=1S/C21H38O/c1-2-3-4-7-18-10-12-19(13-11-18)8-5-6-9-20-14-16-21(22)17-15-20/h18-20H,2-17H2,1H3/t18-,19-. The first-order chi connectivity index (χ1) is 10.8. The molecule has 0 spiro atoms. The minimum Gasteiger partial charge on any atom is -0.300 e. The van der Waals surface area contributed by atoms with Crippen LogP contribution in [-0.4, -0.2) is 5.78 Å². The minimum absolute atomic E-state index is 0.506. The molecule has 0 N–H and O–H groups in total. The molecule has 2 rings (SSSR count). The monoisotopic (exact) mass is 306 g/mol. The molecule has 0 aliphatic heterocycles. The van der Waals surface area contributed by atoms with Gasteiger partial charge in [-0.1, -0.05) is 84.0 Å². The fourth-order valence-electron chi connectivity index (χ4n) is 4.65. The fourth-order valence-corrected chi connectivity index (χ4v) is 4.65. The molecule has 0 bridgehead atoms. The van der Waals surface area contributed by atoms with Gasteiger partial charge in [0.2, 0.25) is 0 Å². The quantitative estimate of drug-likeness (QED) is 0.433. The molecule has 0 amide bonds. The lowest BCUT2D eigenvalue weighted by atomic mass is 9.77. The first-order valence-corrected chi connectivity index (χ1v) is 10.3. The lowest BCUT2D eigenvalue weighted by Gasteiger charge is -2.28. The molecule has 0 unspecified atom stereocenters. The molecule has 0 aromatic carbocycles. The van der Waals surface area contributed by atoms with Gasteiger partial charge in [-0.2, -0.15) is 0 Å². The summed E-state index contributed by atoms with van der Waals surface area (Å²) in [6, 6.07) is 0. The van der Waals surface area contributed by atoms with Gasteiger partial charge in [-0.25, -0.2) is 0 Å². The number of Topliss-reactive ketones (excluding diaryl/α,β-unsaturated/α-hetero) is 1. The van der Waals surface area contributed by atoms with E-state index in [-0.39, 0.29) is 0 Å². The van der Waals surface area contributed by atoms with Crippen molar-refractivity contribution in [2.75, 3.05) is 0 Å². The molecule has 1 nitrogen and oxygen atoms in total. The summed E-state index contributed by atoms with van der Waals surface area (Å²) in [6.07, 6.45) is 21.6. The summed E-state index contributed by atoms with van der Waals surface area (Å²) >= 11 is 0. The Balaban J connectivity index is 1.46. The Hall–Kier alpha value is -0.330. The molecular weight excluding hydrogens is 268 g/mol. The molecule has 0 saturated heterocycles. The van der Waals surface area contributed by atoms with Gasteiger partial charge in [0, 0.05) is 12.8 Å². The van der Waals surface area contributed by atoms with Crippen LogP contribution >= 0.6 is 0 Å². The van der Waals surface area contributed by atoms with E-state index in [2.05, 4.69) is 6.92 Å². The van der Waals surface area contributed by atoms with Gasteiger partial charge in [-0.05, 0) is 30.6 Å². The number of unbranched alkanes of at least 4 members (excludes halogenated alkanes) is 3. The van der Waals surface area contributed by atoms with Crippen LogP contribution in [0.25, 0.3) is 0 Å². The summed E-state index contributed by atoms with van der Waals surface area (Å²) in [6.45, 7) is 2.31. The Kier molecular flexibility index (Phi) is 8.55. The molecule has 0 heterocycles. The van der Waals surface area contributed by atoms with Crippen molar-refractivity contribution in [2.45, 2.75) is 110 Å². The molecule has 1 heteroatoms. The highest BCUT2D eigenvalue weighted by Crippen LogP contribution is 2.35. The normalized spacial score (nSPS) is 27.2. The van der Waals surface area contributed by atoms with Gasteiger partial charge >= 0.3 is 0 Å². The maximum Gasteiger partial charge on any atom is 0.132 e. The first-order valence-electron chi connectivity index (χ1n) is 10.3. The van der Waals surface area contributed by atoms with E-state index in [0.717, 1.165) is 30.6 Å². The van der Waals surface area contributed by atoms with Crippen LogP contribution in [0.15, 0.2) is 0 Å². The SMILES string of the molecule is CCCCC[C@H]1CC[C@H](CCCCC2CCC(=O)CC2)CC1.